The van der Waals surface area contributed by atoms with Crippen LogP contribution in [0.25, 0.3) is 0 Å². The fourth-order valence-corrected chi connectivity index (χ4v) is 2.79. The van der Waals surface area contributed by atoms with Gasteiger partial charge in [-0.05, 0) is 56.0 Å². The number of piperidine rings is 1. The van der Waals surface area contributed by atoms with Crippen molar-refractivity contribution in [3.63, 3.8) is 0 Å². The van der Waals surface area contributed by atoms with E-state index in [2.05, 4.69) is 5.32 Å². The third-order valence-corrected chi connectivity index (χ3v) is 3.77. The monoisotopic (exact) mass is 251 g/mol. The Bertz CT molecular complexity index is 430. The fraction of sp³-hybridized carbons (Fsp3) is 0.571. The highest BCUT2D eigenvalue weighted by atomic mass is 19.1. The standard InChI is InChI=1S/C14H18FNO2/c15-13-3-4-14-12(8-17-9-18-14)11(13)6-10-2-1-5-16-7-10/h3-4,10,16H,1-2,5-9H2. The lowest BCUT2D eigenvalue weighted by atomic mass is 9.89. The zero-order chi connectivity index (χ0) is 12.4. The van der Waals surface area contributed by atoms with Gasteiger partial charge in [-0.3, -0.25) is 0 Å². The van der Waals surface area contributed by atoms with Gasteiger partial charge in [-0.2, -0.15) is 0 Å². The third kappa shape index (κ3) is 2.35. The summed E-state index contributed by atoms with van der Waals surface area (Å²) in [6.45, 7) is 2.79. The molecule has 0 saturated carbocycles. The van der Waals surface area contributed by atoms with Crippen LogP contribution in [0, 0.1) is 11.7 Å². The summed E-state index contributed by atoms with van der Waals surface area (Å²) in [5.41, 5.74) is 1.67. The molecule has 1 unspecified atom stereocenters. The van der Waals surface area contributed by atoms with Gasteiger partial charge in [-0.15, -0.1) is 0 Å². The van der Waals surface area contributed by atoms with Gasteiger partial charge in [-0.1, -0.05) is 0 Å². The van der Waals surface area contributed by atoms with E-state index in [1.54, 1.807) is 6.07 Å². The van der Waals surface area contributed by atoms with E-state index in [-0.39, 0.29) is 12.6 Å². The number of fused-ring (bicyclic) bond motifs is 1. The quantitative estimate of drug-likeness (QED) is 0.874. The van der Waals surface area contributed by atoms with E-state index in [1.165, 1.54) is 12.5 Å². The van der Waals surface area contributed by atoms with Crippen LogP contribution in [0.15, 0.2) is 12.1 Å². The van der Waals surface area contributed by atoms with E-state index in [1.807, 2.05) is 0 Å². The fourth-order valence-electron chi connectivity index (χ4n) is 2.79. The molecule has 0 radical (unpaired) electrons. The number of hydrogen-bond donors (Lipinski definition) is 1. The molecule has 1 aromatic carbocycles. The predicted molar refractivity (Wildman–Crippen MR) is 66.0 cm³/mol. The van der Waals surface area contributed by atoms with E-state index in [4.69, 9.17) is 9.47 Å². The van der Waals surface area contributed by atoms with Gasteiger partial charge in [-0.25, -0.2) is 4.39 Å². The van der Waals surface area contributed by atoms with Crippen LogP contribution in [-0.2, 0) is 17.8 Å². The van der Waals surface area contributed by atoms with Crippen molar-refractivity contribution in [2.24, 2.45) is 5.92 Å². The molecule has 2 heterocycles. The Balaban J connectivity index is 1.85. The Hall–Kier alpha value is -1.13. The number of halogens is 1. The maximum atomic E-state index is 14.0. The lowest BCUT2D eigenvalue weighted by Crippen LogP contribution is -2.31. The first-order valence-electron chi connectivity index (χ1n) is 6.56. The molecule has 1 N–H and O–H groups in total. The third-order valence-electron chi connectivity index (χ3n) is 3.77. The van der Waals surface area contributed by atoms with Crippen LogP contribution < -0.4 is 10.1 Å². The molecule has 4 heteroatoms. The smallest absolute Gasteiger partial charge is 0.189 e. The molecule has 0 amide bonds. The van der Waals surface area contributed by atoms with Gasteiger partial charge in [0.05, 0.1) is 6.61 Å². The molecule has 3 rings (SSSR count). The maximum absolute atomic E-state index is 14.0. The van der Waals surface area contributed by atoms with Crippen molar-refractivity contribution >= 4 is 0 Å². The van der Waals surface area contributed by atoms with Crippen LogP contribution >= 0.6 is 0 Å². The molecule has 98 valence electrons. The normalized spacial score (nSPS) is 23.3. The first-order valence-corrected chi connectivity index (χ1v) is 6.56. The van der Waals surface area contributed by atoms with Crippen molar-refractivity contribution < 1.29 is 13.9 Å². The second-order valence-electron chi connectivity index (χ2n) is 5.03. The van der Waals surface area contributed by atoms with Gasteiger partial charge in [0.2, 0.25) is 0 Å². The molecule has 0 aromatic heterocycles. The SMILES string of the molecule is Fc1ccc2c(c1CC1CCCNC1)COCO2. The van der Waals surface area contributed by atoms with Gasteiger partial charge in [0.1, 0.15) is 11.6 Å². The number of benzene rings is 1. The highest BCUT2D eigenvalue weighted by Crippen LogP contribution is 2.31. The zero-order valence-corrected chi connectivity index (χ0v) is 10.4. The number of rotatable bonds is 2. The molecule has 1 fully saturated rings. The van der Waals surface area contributed by atoms with E-state index >= 15 is 0 Å². The van der Waals surface area contributed by atoms with E-state index in [0.717, 1.165) is 42.8 Å². The molecule has 0 spiro atoms. The van der Waals surface area contributed by atoms with Gasteiger partial charge < -0.3 is 14.8 Å². The first kappa shape index (κ1) is 11.9. The minimum atomic E-state index is -0.131. The zero-order valence-electron chi connectivity index (χ0n) is 10.4. The minimum absolute atomic E-state index is 0.131. The molecule has 3 nitrogen and oxygen atoms in total. The number of hydrogen-bond acceptors (Lipinski definition) is 3. The highest BCUT2D eigenvalue weighted by molar-refractivity contribution is 5.41. The second kappa shape index (κ2) is 5.24. The van der Waals surface area contributed by atoms with Crippen LogP contribution in [0.2, 0.25) is 0 Å². The van der Waals surface area contributed by atoms with Crippen molar-refractivity contribution in [2.75, 3.05) is 19.9 Å². The van der Waals surface area contributed by atoms with Gasteiger partial charge in [0.15, 0.2) is 6.79 Å². The number of nitrogens with one attached hydrogen (secondary N) is 1. The topological polar surface area (TPSA) is 30.5 Å². The second-order valence-corrected chi connectivity index (χ2v) is 5.03. The van der Waals surface area contributed by atoms with Crippen molar-refractivity contribution in [1.82, 2.24) is 5.32 Å². The van der Waals surface area contributed by atoms with Crippen LogP contribution in [0.3, 0.4) is 0 Å². The molecule has 2 aliphatic rings. The summed E-state index contributed by atoms with van der Waals surface area (Å²) in [7, 11) is 0. The maximum Gasteiger partial charge on any atom is 0.189 e. The summed E-state index contributed by atoms with van der Waals surface area (Å²) in [6.07, 6.45) is 3.11. The summed E-state index contributed by atoms with van der Waals surface area (Å²) >= 11 is 0. The van der Waals surface area contributed by atoms with Crippen molar-refractivity contribution in [1.29, 1.82) is 0 Å². The summed E-state index contributed by atoms with van der Waals surface area (Å²) in [4.78, 5) is 0. The Kier molecular flexibility index (Phi) is 3.48. The Morgan fingerprint density at radius 2 is 2.33 bits per heavy atom. The highest BCUT2D eigenvalue weighted by Gasteiger charge is 2.22. The molecular weight excluding hydrogens is 233 g/mol. The van der Waals surface area contributed by atoms with Gasteiger partial charge in [0, 0.05) is 5.56 Å². The average Bonchev–Trinajstić information content (AvgIpc) is 2.43. The van der Waals surface area contributed by atoms with E-state index < -0.39 is 0 Å². The molecule has 1 saturated heterocycles. The molecular formula is C14H18FNO2. The van der Waals surface area contributed by atoms with Crippen molar-refractivity contribution in [3.05, 3.63) is 29.1 Å². The summed E-state index contributed by atoms with van der Waals surface area (Å²) in [6, 6.07) is 3.21. The van der Waals surface area contributed by atoms with Crippen LogP contribution in [0.1, 0.15) is 24.0 Å². The van der Waals surface area contributed by atoms with E-state index in [0.29, 0.717) is 12.5 Å². The van der Waals surface area contributed by atoms with Crippen LogP contribution in [0.5, 0.6) is 5.75 Å². The molecule has 0 bridgehead atoms. The molecule has 0 aliphatic carbocycles. The van der Waals surface area contributed by atoms with Crippen molar-refractivity contribution in [3.8, 4) is 5.75 Å². The van der Waals surface area contributed by atoms with E-state index in [9.17, 15) is 4.39 Å². The Morgan fingerprint density at radius 1 is 1.39 bits per heavy atom. The predicted octanol–water partition coefficient (Wildman–Crippen LogP) is 2.23. The largest absolute Gasteiger partial charge is 0.467 e. The van der Waals surface area contributed by atoms with Crippen LogP contribution in [0.4, 0.5) is 4.39 Å². The Labute approximate surface area is 106 Å². The lowest BCUT2D eigenvalue weighted by molar-refractivity contribution is -0.0172. The number of ether oxygens (including phenoxy) is 2. The summed E-state index contributed by atoms with van der Waals surface area (Å²) in [5.74, 6) is 1.16. The minimum Gasteiger partial charge on any atom is -0.467 e. The molecule has 18 heavy (non-hydrogen) atoms. The molecule has 1 aromatic rings. The lowest BCUT2D eigenvalue weighted by Gasteiger charge is -2.26. The molecule has 2 aliphatic heterocycles. The van der Waals surface area contributed by atoms with Crippen LogP contribution in [-0.4, -0.2) is 19.9 Å². The Morgan fingerprint density at radius 3 is 3.17 bits per heavy atom. The first-order chi connectivity index (χ1) is 8.84. The van der Waals surface area contributed by atoms with Crippen molar-refractivity contribution in [2.45, 2.75) is 25.9 Å². The van der Waals surface area contributed by atoms with Gasteiger partial charge >= 0.3 is 0 Å². The summed E-state index contributed by atoms with van der Waals surface area (Å²) < 4.78 is 24.7. The van der Waals surface area contributed by atoms with Gasteiger partial charge in [0.25, 0.3) is 0 Å². The molecule has 1 atom stereocenters. The average molecular weight is 251 g/mol. The summed E-state index contributed by atoms with van der Waals surface area (Å²) in [5, 5.41) is 3.37.